The normalized spacial score (nSPS) is 17.9. The van der Waals surface area contributed by atoms with E-state index in [4.69, 9.17) is 4.74 Å². The second-order valence-electron chi connectivity index (χ2n) is 5.77. The minimum Gasteiger partial charge on any atom is -0.389 e. The molecule has 20 heavy (non-hydrogen) atoms. The number of halogens is 1. The lowest BCUT2D eigenvalue weighted by Crippen LogP contribution is -2.37. The smallest absolute Gasteiger partial charge is 0.123 e. The third-order valence-corrected chi connectivity index (χ3v) is 3.52. The summed E-state index contributed by atoms with van der Waals surface area (Å²) < 4.78 is 18.2. The second-order valence-corrected chi connectivity index (χ2v) is 5.77. The van der Waals surface area contributed by atoms with Crippen LogP contribution >= 0.6 is 0 Å². The first-order valence-electron chi connectivity index (χ1n) is 7.37. The maximum absolute atomic E-state index is 12.8. The summed E-state index contributed by atoms with van der Waals surface area (Å²) in [4.78, 5) is 0. The molecule has 4 heteroatoms. The molecule has 1 fully saturated rings. The molecule has 0 spiro atoms. The molecule has 2 rings (SSSR count). The molecule has 1 aliphatic carbocycles. The topological polar surface area (TPSA) is 41.5 Å². The van der Waals surface area contributed by atoms with Crippen LogP contribution in [0.3, 0.4) is 0 Å². The van der Waals surface area contributed by atoms with E-state index in [-0.39, 0.29) is 11.9 Å². The first-order chi connectivity index (χ1) is 9.63. The zero-order valence-electron chi connectivity index (χ0n) is 12.0. The van der Waals surface area contributed by atoms with Gasteiger partial charge in [0.15, 0.2) is 0 Å². The predicted octanol–water partition coefficient (Wildman–Crippen LogP) is 2.13. The minimum atomic E-state index is -0.468. The van der Waals surface area contributed by atoms with Gasteiger partial charge in [-0.25, -0.2) is 4.39 Å². The van der Waals surface area contributed by atoms with Gasteiger partial charge >= 0.3 is 0 Å². The Bertz CT molecular complexity index is 392. The van der Waals surface area contributed by atoms with Crippen molar-refractivity contribution in [1.29, 1.82) is 0 Å². The van der Waals surface area contributed by atoms with E-state index in [0.29, 0.717) is 13.2 Å². The van der Waals surface area contributed by atoms with Crippen LogP contribution in [0.25, 0.3) is 0 Å². The standard InChI is InChI=1S/C16H24FNO2/c1-12(8-13-4-6-15(17)7-5-13)18-9-16(19)11-20-10-14-2-3-14/h4-7,12,14,16,18-19H,2-3,8-11H2,1H3. The summed E-state index contributed by atoms with van der Waals surface area (Å²) in [6, 6.07) is 6.77. The van der Waals surface area contributed by atoms with Crippen LogP contribution < -0.4 is 5.32 Å². The summed E-state index contributed by atoms with van der Waals surface area (Å²) in [5.41, 5.74) is 1.09. The molecule has 0 aliphatic heterocycles. The molecule has 0 amide bonds. The molecule has 0 radical (unpaired) electrons. The summed E-state index contributed by atoms with van der Waals surface area (Å²) in [5.74, 6) is 0.519. The third kappa shape index (κ3) is 5.99. The molecule has 1 aliphatic rings. The molecule has 0 aromatic heterocycles. The van der Waals surface area contributed by atoms with Gasteiger partial charge in [0, 0.05) is 19.2 Å². The molecule has 2 N–H and O–H groups in total. The average Bonchev–Trinajstić information content (AvgIpc) is 3.23. The van der Waals surface area contributed by atoms with E-state index in [2.05, 4.69) is 12.2 Å². The molecule has 112 valence electrons. The van der Waals surface area contributed by atoms with E-state index >= 15 is 0 Å². The van der Waals surface area contributed by atoms with Crippen molar-refractivity contribution in [2.45, 2.75) is 38.3 Å². The minimum absolute atomic E-state index is 0.211. The third-order valence-electron chi connectivity index (χ3n) is 3.52. The van der Waals surface area contributed by atoms with Crippen molar-refractivity contribution in [3.63, 3.8) is 0 Å². The molecule has 1 aromatic carbocycles. The number of benzene rings is 1. The number of ether oxygens (including phenoxy) is 1. The van der Waals surface area contributed by atoms with Crippen molar-refractivity contribution in [2.24, 2.45) is 5.92 Å². The second kappa shape index (κ2) is 7.72. The van der Waals surface area contributed by atoms with Gasteiger partial charge in [-0.3, -0.25) is 0 Å². The van der Waals surface area contributed by atoms with Crippen LogP contribution in [0.1, 0.15) is 25.3 Å². The zero-order valence-corrected chi connectivity index (χ0v) is 12.0. The van der Waals surface area contributed by atoms with Crippen molar-refractivity contribution in [1.82, 2.24) is 5.32 Å². The molecule has 2 unspecified atom stereocenters. The molecular weight excluding hydrogens is 257 g/mol. The van der Waals surface area contributed by atoms with Crippen molar-refractivity contribution >= 4 is 0 Å². The van der Waals surface area contributed by atoms with Gasteiger partial charge in [0.25, 0.3) is 0 Å². The van der Waals surface area contributed by atoms with E-state index in [9.17, 15) is 9.50 Å². The van der Waals surface area contributed by atoms with Crippen LogP contribution in [-0.4, -0.2) is 37.0 Å². The summed E-state index contributed by atoms with van der Waals surface area (Å²) >= 11 is 0. The maximum Gasteiger partial charge on any atom is 0.123 e. The van der Waals surface area contributed by atoms with Crippen LogP contribution in [0.2, 0.25) is 0 Å². The van der Waals surface area contributed by atoms with Crippen LogP contribution in [0.15, 0.2) is 24.3 Å². The number of aliphatic hydroxyl groups excluding tert-OH is 1. The molecule has 0 bridgehead atoms. The molecule has 2 atom stereocenters. The van der Waals surface area contributed by atoms with Crippen LogP contribution in [0.5, 0.6) is 0 Å². The lowest BCUT2D eigenvalue weighted by atomic mass is 10.1. The fourth-order valence-corrected chi connectivity index (χ4v) is 2.10. The Kier molecular flexibility index (Phi) is 5.95. The first kappa shape index (κ1) is 15.4. The van der Waals surface area contributed by atoms with Gasteiger partial charge in [0.1, 0.15) is 5.82 Å². The maximum atomic E-state index is 12.8. The highest BCUT2D eigenvalue weighted by Crippen LogP contribution is 2.28. The summed E-state index contributed by atoms with van der Waals surface area (Å²) in [6.07, 6.45) is 2.88. The summed E-state index contributed by atoms with van der Waals surface area (Å²) in [6.45, 7) is 3.75. The van der Waals surface area contributed by atoms with Crippen molar-refractivity contribution in [3.05, 3.63) is 35.6 Å². The van der Waals surface area contributed by atoms with Crippen LogP contribution in [0.4, 0.5) is 4.39 Å². The quantitative estimate of drug-likeness (QED) is 0.728. The van der Waals surface area contributed by atoms with Gasteiger partial charge in [0.05, 0.1) is 12.7 Å². The monoisotopic (exact) mass is 281 g/mol. The molecule has 0 heterocycles. The predicted molar refractivity (Wildman–Crippen MR) is 77.1 cm³/mol. The van der Waals surface area contributed by atoms with Crippen molar-refractivity contribution in [2.75, 3.05) is 19.8 Å². The number of aliphatic hydroxyl groups is 1. The molecular formula is C16H24FNO2. The zero-order chi connectivity index (χ0) is 14.4. The molecule has 3 nitrogen and oxygen atoms in total. The lowest BCUT2D eigenvalue weighted by Gasteiger charge is -2.17. The lowest BCUT2D eigenvalue weighted by molar-refractivity contribution is 0.0315. The Hall–Kier alpha value is -0.970. The van der Waals surface area contributed by atoms with Gasteiger partial charge < -0.3 is 15.2 Å². The van der Waals surface area contributed by atoms with E-state index < -0.39 is 6.10 Å². The van der Waals surface area contributed by atoms with Gasteiger partial charge in [-0.2, -0.15) is 0 Å². The molecule has 1 saturated carbocycles. The largest absolute Gasteiger partial charge is 0.389 e. The van der Waals surface area contributed by atoms with Gasteiger partial charge in [-0.15, -0.1) is 0 Å². The SMILES string of the molecule is CC(Cc1ccc(F)cc1)NCC(O)COCC1CC1. The van der Waals surface area contributed by atoms with E-state index in [1.165, 1.54) is 25.0 Å². The fraction of sp³-hybridized carbons (Fsp3) is 0.625. The number of rotatable bonds is 9. The molecule has 1 aromatic rings. The Balaban J connectivity index is 1.58. The van der Waals surface area contributed by atoms with Crippen molar-refractivity contribution in [3.8, 4) is 0 Å². The summed E-state index contributed by atoms with van der Waals surface area (Å²) in [7, 11) is 0. The highest BCUT2D eigenvalue weighted by atomic mass is 19.1. The summed E-state index contributed by atoms with van der Waals surface area (Å²) in [5, 5.41) is 13.1. The Morgan fingerprint density at radius 2 is 2.05 bits per heavy atom. The van der Waals surface area contributed by atoms with Gasteiger partial charge in [0.2, 0.25) is 0 Å². The van der Waals surface area contributed by atoms with E-state index in [0.717, 1.165) is 24.5 Å². The van der Waals surface area contributed by atoms with E-state index in [1.807, 2.05) is 0 Å². The highest BCUT2D eigenvalue weighted by Gasteiger charge is 2.21. The van der Waals surface area contributed by atoms with E-state index in [1.54, 1.807) is 12.1 Å². The first-order valence-corrected chi connectivity index (χ1v) is 7.37. The average molecular weight is 281 g/mol. The van der Waals surface area contributed by atoms with Crippen molar-refractivity contribution < 1.29 is 14.2 Å². The number of hydrogen-bond donors (Lipinski definition) is 2. The number of hydrogen-bond acceptors (Lipinski definition) is 3. The van der Waals surface area contributed by atoms with Crippen LogP contribution in [-0.2, 0) is 11.2 Å². The number of nitrogens with one attached hydrogen (secondary N) is 1. The highest BCUT2D eigenvalue weighted by molar-refractivity contribution is 5.16. The molecule has 0 saturated heterocycles. The van der Waals surface area contributed by atoms with Gasteiger partial charge in [-0.1, -0.05) is 12.1 Å². The Morgan fingerprint density at radius 3 is 2.70 bits per heavy atom. The fourth-order valence-electron chi connectivity index (χ4n) is 2.10. The Labute approximate surface area is 120 Å². The van der Waals surface area contributed by atoms with Crippen LogP contribution in [0, 0.1) is 11.7 Å². The Morgan fingerprint density at radius 1 is 1.35 bits per heavy atom. The van der Waals surface area contributed by atoms with Gasteiger partial charge in [-0.05, 0) is 49.8 Å².